The molecule has 4 atom stereocenters. The fraction of sp³-hybridized carbons (Fsp3) is 0.633. The Morgan fingerprint density at radius 1 is 1.03 bits per heavy atom. The van der Waals surface area contributed by atoms with Crippen LogP contribution in [0.25, 0.3) is 0 Å². The third-order valence-corrected chi connectivity index (χ3v) is 6.36. The monoisotopic (exact) mass is 536 g/mol. The van der Waals surface area contributed by atoms with Crippen molar-refractivity contribution in [2.45, 2.75) is 115 Å². The normalized spacial score (nSPS) is 20.8. The van der Waals surface area contributed by atoms with E-state index in [9.17, 15) is 18.0 Å². The van der Waals surface area contributed by atoms with Gasteiger partial charge in [-0.15, -0.1) is 0 Å². The lowest BCUT2D eigenvalue weighted by atomic mass is 9.92. The molecule has 1 aliphatic heterocycles. The molecule has 0 radical (unpaired) electrons. The maximum atomic E-state index is 14.1. The van der Waals surface area contributed by atoms with Gasteiger partial charge in [0.25, 0.3) is 5.60 Å². The van der Waals surface area contributed by atoms with E-state index in [0.29, 0.717) is 6.42 Å². The van der Waals surface area contributed by atoms with Crippen LogP contribution >= 0.6 is 0 Å². The van der Waals surface area contributed by atoms with Gasteiger partial charge >= 0.3 is 12.1 Å². The smallest absolute Gasteiger partial charge is 0.432 e. The van der Waals surface area contributed by atoms with Gasteiger partial charge in [-0.1, -0.05) is 82.2 Å². The van der Waals surface area contributed by atoms with Gasteiger partial charge in [0, 0.05) is 19.1 Å². The molecule has 1 heterocycles. The summed E-state index contributed by atoms with van der Waals surface area (Å²) < 4.78 is 64.2. The number of carbonyl (C=O) groups excluding carboxylic acids is 1. The summed E-state index contributed by atoms with van der Waals surface area (Å²) in [4.78, 5) is 12.8. The zero-order chi connectivity index (χ0) is 28.2. The molecule has 1 aromatic rings. The number of esters is 1. The van der Waals surface area contributed by atoms with Gasteiger partial charge in [-0.2, -0.15) is 13.2 Å². The number of carbonyl (C=O) groups is 1. The van der Waals surface area contributed by atoms with Crippen molar-refractivity contribution in [3.63, 3.8) is 0 Å². The quantitative estimate of drug-likeness (QED) is 0.169. The van der Waals surface area contributed by atoms with E-state index in [1.165, 1.54) is 43.5 Å². The van der Waals surface area contributed by atoms with Crippen LogP contribution in [-0.4, -0.2) is 43.4 Å². The molecule has 2 rings (SSSR count). The number of hydrogen-bond acceptors (Lipinski definition) is 5. The second kappa shape index (κ2) is 14.6. The minimum absolute atomic E-state index is 0.0549. The largest absolute Gasteiger partial charge is 0.446 e. The molecule has 5 nitrogen and oxygen atoms in total. The Labute approximate surface area is 224 Å². The maximum Gasteiger partial charge on any atom is 0.432 e. The van der Waals surface area contributed by atoms with E-state index in [2.05, 4.69) is 30.6 Å². The Hall–Kier alpha value is -2.52. The van der Waals surface area contributed by atoms with E-state index in [1.807, 2.05) is 13.8 Å². The van der Waals surface area contributed by atoms with Crippen molar-refractivity contribution < 1.29 is 36.9 Å². The standard InChI is InChI=1S/C30H39F3O5/c1-6-8-9-10-16-21-25-26(38-28(3,4)37-25)22-17-12-15-20-24(7-2)36-27(34)29(35-5,30(31,32)33)23-18-13-11-14-19-23/h11,13-14,18-19,24-26H,6-10,16,21-22H2,1-5H3/t24-,25+,26+,29+/m0/s1. The van der Waals surface area contributed by atoms with Crippen molar-refractivity contribution in [2.75, 3.05) is 7.11 Å². The predicted octanol–water partition coefficient (Wildman–Crippen LogP) is 6.69. The van der Waals surface area contributed by atoms with E-state index >= 15 is 0 Å². The van der Waals surface area contributed by atoms with E-state index in [0.717, 1.165) is 26.4 Å². The highest BCUT2D eigenvalue weighted by Crippen LogP contribution is 2.43. The molecule has 0 amide bonds. The summed E-state index contributed by atoms with van der Waals surface area (Å²) in [5.41, 5.74) is -3.63. The number of ether oxygens (including phenoxy) is 4. The summed E-state index contributed by atoms with van der Waals surface area (Å²) >= 11 is 0. The molecule has 0 N–H and O–H groups in total. The number of methoxy groups -OCH3 is 1. The second-order valence-electron chi connectivity index (χ2n) is 9.74. The van der Waals surface area contributed by atoms with Gasteiger partial charge in [0.15, 0.2) is 11.9 Å². The zero-order valence-electron chi connectivity index (χ0n) is 23.0. The average molecular weight is 537 g/mol. The summed E-state index contributed by atoms with van der Waals surface area (Å²) in [7, 11) is 0.828. The van der Waals surface area contributed by atoms with Crippen molar-refractivity contribution in [2.24, 2.45) is 0 Å². The van der Waals surface area contributed by atoms with Crippen LogP contribution in [0.5, 0.6) is 0 Å². The van der Waals surface area contributed by atoms with E-state index in [4.69, 9.17) is 18.9 Å². The molecule has 0 spiro atoms. The van der Waals surface area contributed by atoms with Crippen molar-refractivity contribution >= 4 is 5.97 Å². The molecule has 1 aromatic carbocycles. The summed E-state index contributed by atoms with van der Waals surface area (Å²) in [6.07, 6.45) is 0.931. The van der Waals surface area contributed by atoms with Crippen LogP contribution in [0.2, 0.25) is 0 Å². The Morgan fingerprint density at radius 2 is 1.68 bits per heavy atom. The molecule has 1 saturated heterocycles. The molecular formula is C30H39F3O5. The van der Waals surface area contributed by atoms with Gasteiger partial charge < -0.3 is 18.9 Å². The van der Waals surface area contributed by atoms with Gasteiger partial charge in [0.05, 0.1) is 12.2 Å². The SMILES string of the molecule is CCCCCCC[C@H]1OC(C)(C)O[C@@H]1CC#CC#C[C@H](CC)OC(=O)[C@](OC)(c1ccccc1)C(F)(F)F. The van der Waals surface area contributed by atoms with Gasteiger partial charge in [0.2, 0.25) is 0 Å². The van der Waals surface area contributed by atoms with Gasteiger partial charge in [-0.3, -0.25) is 0 Å². The lowest BCUT2D eigenvalue weighted by molar-refractivity contribution is -0.277. The lowest BCUT2D eigenvalue weighted by Crippen LogP contribution is -2.52. The first kappa shape index (κ1) is 31.7. The summed E-state index contributed by atoms with van der Waals surface area (Å²) in [6.45, 7) is 7.59. The molecule has 0 unspecified atom stereocenters. The van der Waals surface area contributed by atoms with Gasteiger partial charge in [-0.25, -0.2) is 4.79 Å². The Morgan fingerprint density at radius 3 is 2.29 bits per heavy atom. The van der Waals surface area contributed by atoms with Crippen LogP contribution in [-0.2, 0) is 29.3 Å². The van der Waals surface area contributed by atoms with Crippen molar-refractivity contribution in [3.05, 3.63) is 35.9 Å². The average Bonchev–Trinajstić information content (AvgIpc) is 3.16. The first-order chi connectivity index (χ1) is 18.0. The highest BCUT2D eigenvalue weighted by molar-refractivity contribution is 5.83. The van der Waals surface area contributed by atoms with Crippen LogP contribution in [0.15, 0.2) is 30.3 Å². The highest BCUT2D eigenvalue weighted by Gasteiger charge is 2.64. The van der Waals surface area contributed by atoms with Crippen LogP contribution in [0, 0.1) is 23.7 Å². The Balaban J connectivity index is 2.04. The summed E-state index contributed by atoms with van der Waals surface area (Å²) in [6, 6.07) is 6.68. The zero-order valence-corrected chi connectivity index (χ0v) is 23.0. The molecule has 1 aliphatic rings. The number of unbranched alkanes of at least 4 members (excludes halogenated alkanes) is 4. The van der Waals surface area contributed by atoms with Crippen molar-refractivity contribution in [3.8, 4) is 23.7 Å². The van der Waals surface area contributed by atoms with E-state index < -0.39 is 29.6 Å². The molecule has 38 heavy (non-hydrogen) atoms. The Bertz CT molecular complexity index is 1000. The maximum absolute atomic E-state index is 14.1. The molecule has 0 aromatic heterocycles. The van der Waals surface area contributed by atoms with Crippen molar-refractivity contribution in [1.82, 2.24) is 0 Å². The minimum Gasteiger partial charge on any atom is -0.446 e. The molecule has 8 heteroatoms. The van der Waals surface area contributed by atoms with Crippen LogP contribution in [0.1, 0.15) is 84.6 Å². The Kier molecular flexibility index (Phi) is 12.2. The molecule has 210 valence electrons. The summed E-state index contributed by atoms with van der Waals surface area (Å²) in [5, 5.41) is 0. The van der Waals surface area contributed by atoms with Gasteiger partial charge in [0.1, 0.15) is 0 Å². The number of alkyl halides is 3. The van der Waals surface area contributed by atoms with Crippen molar-refractivity contribution in [1.29, 1.82) is 0 Å². The van der Waals surface area contributed by atoms with Crippen LogP contribution in [0.3, 0.4) is 0 Å². The number of rotatable bonds is 12. The third kappa shape index (κ3) is 8.50. The molecule has 0 bridgehead atoms. The van der Waals surface area contributed by atoms with E-state index in [-0.39, 0.29) is 24.2 Å². The lowest BCUT2D eigenvalue weighted by Gasteiger charge is -2.33. The molecule has 0 saturated carbocycles. The second-order valence-corrected chi connectivity index (χ2v) is 9.74. The minimum atomic E-state index is -5.05. The molecule has 1 fully saturated rings. The number of benzene rings is 1. The van der Waals surface area contributed by atoms with Crippen LogP contribution < -0.4 is 0 Å². The summed E-state index contributed by atoms with van der Waals surface area (Å²) in [5.74, 6) is 8.66. The first-order valence-electron chi connectivity index (χ1n) is 13.2. The number of hydrogen-bond donors (Lipinski definition) is 0. The fourth-order valence-corrected chi connectivity index (χ4v) is 4.40. The molecular weight excluding hydrogens is 497 g/mol. The van der Waals surface area contributed by atoms with E-state index in [1.54, 1.807) is 13.0 Å². The third-order valence-electron chi connectivity index (χ3n) is 6.36. The van der Waals surface area contributed by atoms with Crippen LogP contribution in [0.4, 0.5) is 13.2 Å². The molecule has 0 aliphatic carbocycles. The predicted molar refractivity (Wildman–Crippen MR) is 139 cm³/mol. The number of halogens is 3. The van der Waals surface area contributed by atoms with Gasteiger partial charge in [-0.05, 0) is 44.5 Å². The fourth-order valence-electron chi connectivity index (χ4n) is 4.40. The topological polar surface area (TPSA) is 54.0 Å². The first-order valence-corrected chi connectivity index (χ1v) is 13.2. The highest BCUT2D eigenvalue weighted by atomic mass is 19.4.